The SMILES string of the molecule is CCCOC(=O)CCc1cccc(Br)c1. The first-order valence-electron chi connectivity index (χ1n) is 5.12. The third kappa shape index (κ3) is 4.98. The summed E-state index contributed by atoms with van der Waals surface area (Å²) in [6.45, 7) is 2.51. The Labute approximate surface area is 98.8 Å². The molecule has 0 aromatic heterocycles. The molecule has 0 aliphatic carbocycles. The molecular weight excluding hydrogens is 256 g/mol. The minimum absolute atomic E-state index is 0.114. The summed E-state index contributed by atoms with van der Waals surface area (Å²) in [4.78, 5) is 11.2. The fourth-order valence-electron chi connectivity index (χ4n) is 1.23. The number of rotatable bonds is 5. The van der Waals surface area contributed by atoms with Crippen LogP contribution in [0.4, 0.5) is 0 Å². The van der Waals surface area contributed by atoms with Crippen molar-refractivity contribution in [2.45, 2.75) is 26.2 Å². The zero-order valence-electron chi connectivity index (χ0n) is 8.83. The van der Waals surface area contributed by atoms with Gasteiger partial charge in [-0.15, -0.1) is 0 Å². The standard InChI is InChI=1S/C12H15BrO2/c1-2-8-15-12(14)7-6-10-4-3-5-11(13)9-10/h3-5,9H,2,6-8H2,1H3. The quantitative estimate of drug-likeness (QED) is 0.768. The molecule has 0 aliphatic heterocycles. The van der Waals surface area contributed by atoms with Crippen molar-refractivity contribution < 1.29 is 9.53 Å². The molecule has 0 unspecified atom stereocenters. The lowest BCUT2D eigenvalue weighted by Crippen LogP contribution is -2.06. The van der Waals surface area contributed by atoms with Crippen LogP contribution in [-0.2, 0) is 16.0 Å². The molecule has 0 heterocycles. The Hall–Kier alpha value is -0.830. The molecule has 3 heteroatoms. The second-order valence-electron chi connectivity index (χ2n) is 3.35. The summed E-state index contributed by atoms with van der Waals surface area (Å²) < 4.78 is 6.04. The molecule has 0 fully saturated rings. The van der Waals surface area contributed by atoms with Crippen LogP contribution >= 0.6 is 15.9 Å². The van der Waals surface area contributed by atoms with Crippen LogP contribution in [0, 0.1) is 0 Å². The van der Waals surface area contributed by atoms with Crippen molar-refractivity contribution in [3.05, 3.63) is 34.3 Å². The van der Waals surface area contributed by atoms with Gasteiger partial charge in [0.25, 0.3) is 0 Å². The molecule has 2 nitrogen and oxygen atoms in total. The highest BCUT2D eigenvalue weighted by Gasteiger charge is 2.02. The number of hydrogen-bond donors (Lipinski definition) is 0. The highest BCUT2D eigenvalue weighted by atomic mass is 79.9. The Morgan fingerprint density at radius 2 is 2.27 bits per heavy atom. The lowest BCUT2D eigenvalue weighted by Gasteiger charge is -2.03. The summed E-state index contributed by atoms with van der Waals surface area (Å²) >= 11 is 3.39. The van der Waals surface area contributed by atoms with E-state index in [2.05, 4.69) is 15.9 Å². The van der Waals surface area contributed by atoms with Gasteiger partial charge in [-0.2, -0.15) is 0 Å². The van der Waals surface area contributed by atoms with E-state index in [0.717, 1.165) is 22.9 Å². The fourth-order valence-corrected chi connectivity index (χ4v) is 1.67. The summed E-state index contributed by atoms with van der Waals surface area (Å²) in [7, 11) is 0. The van der Waals surface area contributed by atoms with Gasteiger partial charge in [-0.1, -0.05) is 35.0 Å². The number of aryl methyl sites for hydroxylation is 1. The van der Waals surface area contributed by atoms with Crippen molar-refractivity contribution in [1.82, 2.24) is 0 Å². The molecule has 0 amide bonds. The summed E-state index contributed by atoms with van der Waals surface area (Å²) in [6.07, 6.45) is 2.07. The Bertz CT molecular complexity index is 323. The monoisotopic (exact) mass is 270 g/mol. The lowest BCUT2D eigenvalue weighted by atomic mass is 10.1. The summed E-state index contributed by atoms with van der Waals surface area (Å²) in [5.74, 6) is -0.114. The number of carbonyl (C=O) groups excluding carboxylic acids is 1. The maximum Gasteiger partial charge on any atom is 0.306 e. The minimum Gasteiger partial charge on any atom is -0.466 e. The third-order valence-electron chi connectivity index (χ3n) is 1.97. The largest absolute Gasteiger partial charge is 0.466 e. The predicted octanol–water partition coefficient (Wildman–Crippen LogP) is 3.33. The van der Waals surface area contributed by atoms with Crippen LogP contribution in [0.5, 0.6) is 0 Å². The van der Waals surface area contributed by atoms with Gasteiger partial charge < -0.3 is 4.74 Å². The highest BCUT2D eigenvalue weighted by Crippen LogP contribution is 2.13. The lowest BCUT2D eigenvalue weighted by molar-refractivity contribution is -0.143. The van der Waals surface area contributed by atoms with Crippen LogP contribution in [0.15, 0.2) is 28.7 Å². The molecule has 82 valence electrons. The van der Waals surface area contributed by atoms with Crippen molar-refractivity contribution in [2.24, 2.45) is 0 Å². The Kier molecular flexibility index (Phi) is 5.40. The van der Waals surface area contributed by atoms with Gasteiger partial charge in [0.1, 0.15) is 0 Å². The first kappa shape index (κ1) is 12.2. The number of hydrogen-bond acceptors (Lipinski definition) is 2. The number of ether oxygens (including phenoxy) is 1. The topological polar surface area (TPSA) is 26.3 Å². The van der Waals surface area contributed by atoms with Crippen molar-refractivity contribution in [2.75, 3.05) is 6.61 Å². The number of esters is 1. The molecule has 0 N–H and O–H groups in total. The van der Waals surface area contributed by atoms with Crippen LogP contribution in [0.3, 0.4) is 0 Å². The van der Waals surface area contributed by atoms with Gasteiger partial charge in [-0.3, -0.25) is 4.79 Å². The Morgan fingerprint density at radius 3 is 2.93 bits per heavy atom. The molecular formula is C12H15BrO2. The van der Waals surface area contributed by atoms with Crippen LogP contribution in [0.25, 0.3) is 0 Å². The molecule has 1 aromatic rings. The van der Waals surface area contributed by atoms with E-state index in [9.17, 15) is 4.79 Å². The molecule has 15 heavy (non-hydrogen) atoms. The maximum absolute atomic E-state index is 11.2. The van der Waals surface area contributed by atoms with E-state index in [-0.39, 0.29) is 5.97 Å². The maximum atomic E-state index is 11.2. The zero-order chi connectivity index (χ0) is 11.1. The van der Waals surface area contributed by atoms with E-state index < -0.39 is 0 Å². The average molecular weight is 271 g/mol. The normalized spacial score (nSPS) is 10.0. The van der Waals surface area contributed by atoms with E-state index >= 15 is 0 Å². The number of carbonyl (C=O) groups is 1. The van der Waals surface area contributed by atoms with Gasteiger partial charge in [-0.25, -0.2) is 0 Å². The van der Waals surface area contributed by atoms with Gasteiger partial charge in [-0.05, 0) is 30.5 Å². The third-order valence-corrected chi connectivity index (χ3v) is 2.47. The summed E-state index contributed by atoms with van der Waals surface area (Å²) in [5.41, 5.74) is 1.15. The van der Waals surface area contributed by atoms with E-state index in [1.54, 1.807) is 0 Å². The fraction of sp³-hybridized carbons (Fsp3) is 0.417. The molecule has 0 radical (unpaired) electrons. The van der Waals surface area contributed by atoms with Gasteiger partial charge >= 0.3 is 5.97 Å². The van der Waals surface area contributed by atoms with Gasteiger partial charge in [0, 0.05) is 10.9 Å². The zero-order valence-corrected chi connectivity index (χ0v) is 10.4. The Balaban J connectivity index is 2.33. The smallest absolute Gasteiger partial charge is 0.306 e. The molecule has 1 rings (SSSR count). The molecule has 0 atom stereocenters. The van der Waals surface area contributed by atoms with Crippen molar-refractivity contribution >= 4 is 21.9 Å². The van der Waals surface area contributed by atoms with Gasteiger partial charge in [0.15, 0.2) is 0 Å². The van der Waals surface area contributed by atoms with E-state index in [1.807, 2.05) is 31.2 Å². The van der Waals surface area contributed by atoms with Crippen molar-refractivity contribution in [1.29, 1.82) is 0 Å². The van der Waals surface area contributed by atoms with Crippen molar-refractivity contribution in [3.63, 3.8) is 0 Å². The van der Waals surface area contributed by atoms with Crippen LogP contribution in [0.2, 0.25) is 0 Å². The predicted molar refractivity (Wildman–Crippen MR) is 63.7 cm³/mol. The van der Waals surface area contributed by atoms with Crippen LogP contribution in [0.1, 0.15) is 25.3 Å². The first-order valence-corrected chi connectivity index (χ1v) is 5.91. The van der Waals surface area contributed by atoms with E-state index in [1.165, 1.54) is 0 Å². The number of benzene rings is 1. The van der Waals surface area contributed by atoms with Crippen molar-refractivity contribution in [3.8, 4) is 0 Å². The average Bonchev–Trinajstić information content (AvgIpc) is 2.23. The van der Waals surface area contributed by atoms with Gasteiger partial charge in [0.2, 0.25) is 0 Å². The molecule has 1 aromatic carbocycles. The molecule has 0 spiro atoms. The van der Waals surface area contributed by atoms with Crippen LogP contribution < -0.4 is 0 Å². The second-order valence-corrected chi connectivity index (χ2v) is 4.27. The second kappa shape index (κ2) is 6.62. The molecule has 0 saturated carbocycles. The van der Waals surface area contributed by atoms with Crippen LogP contribution in [-0.4, -0.2) is 12.6 Å². The van der Waals surface area contributed by atoms with E-state index in [0.29, 0.717) is 13.0 Å². The van der Waals surface area contributed by atoms with E-state index in [4.69, 9.17) is 4.74 Å². The minimum atomic E-state index is -0.114. The molecule has 0 aliphatic rings. The molecule has 0 bridgehead atoms. The summed E-state index contributed by atoms with van der Waals surface area (Å²) in [5, 5.41) is 0. The Morgan fingerprint density at radius 1 is 1.47 bits per heavy atom. The molecule has 0 saturated heterocycles. The first-order chi connectivity index (χ1) is 7.22. The summed E-state index contributed by atoms with van der Waals surface area (Å²) in [6, 6.07) is 7.97. The highest BCUT2D eigenvalue weighted by molar-refractivity contribution is 9.10. The van der Waals surface area contributed by atoms with Gasteiger partial charge in [0.05, 0.1) is 6.61 Å². The number of halogens is 1.